The average molecular weight is 480 g/mol. The molecule has 1 aliphatic heterocycles. The van der Waals surface area contributed by atoms with E-state index in [1.165, 1.54) is 19.3 Å². The van der Waals surface area contributed by atoms with E-state index in [9.17, 15) is 9.90 Å². The van der Waals surface area contributed by atoms with Gasteiger partial charge >= 0.3 is 5.97 Å². The summed E-state index contributed by atoms with van der Waals surface area (Å²) in [6, 6.07) is 8.35. The Kier molecular flexibility index (Phi) is 9.37. The molecule has 4 unspecified atom stereocenters. The molecule has 0 bridgehead atoms. The molecule has 0 spiro atoms. The number of aliphatic hydroxyl groups excluding tert-OH is 1. The van der Waals surface area contributed by atoms with Crippen molar-refractivity contribution in [2.75, 3.05) is 13.1 Å². The van der Waals surface area contributed by atoms with Crippen LogP contribution in [0.1, 0.15) is 56.9 Å². The molecule has 5 nitrogen and oxygen atoms in total. The van der Waals surface area contributed by atoms with Crippen molar-refractivity contribution in [2.24, 2.45) is 5.92 Å². The van der Waals surface area contributed by atoms with Crippen LogP contribution in [0.5, 0.6) is 0 Å². The number of rotatable bonds is 10. The third-order valence-electron chi connectivity index (χ3n) is 6.33. The number of carboxylic acids is 1. The van der Waals surface area contributed by atoms with Gasteiger partial charge in [0.05, 0.1) is 18.8 Å². The molecule has 1 aromatic carbocycles. The second kappa shape index (κ2) is 12.0. The maximum absolute atomic E-state index is 10.9. The average Bonchev–Trinajstić information content (AvgIpc) is 3.05. The first-order chi connectivity index (χ1) is 14.5. The molecule has 3 rings (SSSR count). The first kappa shape index (κ1) is 23.5. The second-order valence-electron chi connectivity index (χ2n) is 8.51. The molecule has 6 heteroatoms. The predicted molar refractivity (Wildman–Crippen MR) is 121 cm³/mol. The molecule has 4 atom stereocenters. The highest BCUT2D eigenvalue weighted by Gasteiger charge is 2.45. The number of hydrogen-bond donors (Lipinski definition) is 2. The lowest BCUT2D eigenvalue weighted by Crippen LogP contribution is -2.47. The first-order valence-electron chi connectivity index (χ1n) is 11.2. The minimum Gasteiger partial charge on any atom is -0.481 e. The maximum Gasteiger partial charge on any atom is 0.303 e. The van der Waals surface area contributed by atoms with Crippen LogP contribution in [0.2, 0.25) is 0 Å². The number of aliphatic hydroxyl groups is 1. The van der Waals surface area contributed by atoms with Gasteiger partial charge in [-0.3, -0.25) is 9.69 Å². The fourth-order valence-electron chi connectivity index (χ4n) is 4.85. The van der Waals surface area contributed by atoms with Crippen LogP contribution in [0.3, 0.4) is 0 Å². The molecule has 2 N–H and O–H groups in total. The van der Waals surface area contributed by atoms with Crippen molar-refractivity contribution in [1.82, 2.24) is 4.90 Å². The topological polar surface area (TPSA) is 70.0 Å². The van der Waals surface area contributed by atoms with E-state index in [1.807, 2.05) is 18.2 Å². The van der Waals surface area contributed by atoms with Crippen molar-refractivity contribution < 1.29 is 19.7 Å². The Morgan fingerprint density at radius 3 is 2.53 bits per heavy atom. The van der Waals surface area contributed by atoms with Crippen LogP contribution in [-0.4, -0.2) is 52.4 Å². The zero-order valence-corrected chi connectivity index (χ0v) is 19.2. The van der Waals surface area contributed by atoms with E-state index in [4.69, 9.17) is 9.84 Å². The highest BCUT2D eigenvalue weighted by atomic mass is 79.9. The monoisotopic (exact) mass is 479 g/mol. The highest BCUT2D eigenvalue weighted by Crippen LogP contribution is 2.37. The summed E-state index contributed by atoms with van der Waals surface area (Å²) in [6.07, 6.45) is 10.7. The maximum atomic E-state index is 10.9. The zero-order chi connectivity index (χ0) is 21.3. The third-order valence-corrected chi connectivity index (χ3v) is 6.86. The quantitative estimate of drug-likeness (QED) is 0.472. The van der Waals surface area contributed by atoms with Gasteiger partial charge in [0.15, 0.2) is 0 Å². The molecule has 2 fully saturated rings. The molecule has 0 amide bonds. The largest absolute Gasteiger partial charge is 0.481 e. The lowest BCUT2D eigenvalue weighted by Gasteiger charge is -2.38. The summed E-state index contributed by atoms with van der Waals surface area (Å²) in [5.41, 5.74) is 1.14. The summed E-state index contributed by atoms with van der Waals surface area (Å²) < 4.78 is 7.39. The van der Waals surface area contributed by atoms with E-state index in [0.717, 1.165) is 36.0 Å². The zero-order valence-electron chi connectivity index (χ0n) is 17.6. The van der Waals surface area contributed by atoms with Crippen LogP contribution in [0.25, 0.3) is 0 Å². The molecule has 2 aliphatic rings. The molecule has 1 aliphatic carbocycles. The summed E-state index contributed by atoms with van der Waals surface area (Å²) in [5, 5.41) is 19.7. The Labute approximate surface area is 188 Å². The molecule has 0 aromatic heterocycles. The summed E-state index contributed by atoms with van der Waals surface area (Å²) in [5.74, 6) is -0.470. The van der Waals surface area contributed by atoms with Crippen molar-refractivity contribution in [3.05, 3.63) is 46.5 Å². The highest BCUT2D eigenvalue weighted by molar-refractivity contribution is 9.10. The molecule has 1 saturated carbocycles. The molecule has 1 heterocycles. The number of benzene rings is 1. The van der Waals surface area contributed by atoms with Gasteiger partial charge in [-0.15, -0.1) is 0 Å². The first-order valence-corrected chi connectivity index (χ1v) is 12.0. The number of aliphatic carboxylic acids is 1. The summed E-state index contributed by atoms with van der Waals surface area (Å²) in [6.45, 7) is 2.68. The second-order valence-corrected chi connectivity index (χ2v) is 9.43. The SMILES string of the molecule is O=C(O)CC/C=C/CCC1C(OCc2ccc(Br)cc2)CC(O)C1N1CCCCC1. The van der Waals surface area contributed by atoms with Crippen molar-refractivity contribution in [1.29, 1.82) is 0 Å². The van der Waals surface area contributed by atoms with E-state index in [1.54, 1.807) is 0 Å². The van der Waals surface area contributed by atoms with Crippen LogP contribution in [0.15, 0.2) is 40.9 Å². The van der Waals surface area contributed by atoms with Gasteiger partial charge in [-0.1, -0.05) is 46.6 Å². The van der Waals surface area contributed by atoms with E-state index >= 15 is 0 Å². The molecule has 1 saturated heterocycles. The fourth-order valence-corrected chi connectivity index (χ4v) is 5.12. The Morgan fingerprint density at radius 2 is 1.83 bits per heavy atom. The fraction of sp³-hybridized carbons (Fsp3) is 0.625. The van der Waals surface area contributed by atoms with Crippen molar-refractivity contribution in [3.8, 4) is 0 Å². The van der Waals surface area contributed by atoms with Gasteiger partial charge < -0.3 is 14.9 Å². The van der Waals surface area contributed by atoms with E-state index in [0.29, 0.717) is 19.4 Å². The smallest absolute Gasteiger partial charge is 0.303 e. The Hall–Kier alpha value is -1.21. The predicted octanol–water partition coefficient (Wildman–Crippen LogP) is 4.77. The Morgan fingerprint density at radius 1 is 1.13 bits per heavy atom. The normalized spacial score (nSPS) is 27.7. The van der Waals surface area contributed by atoms with Crippen molar-refractivity contribution in [3.63, 3.8) is 0 Å². The number of piperidine rings is 1. The van der Waals surface area contributed by atoms with Gasteiger partial charge in [0.25, 0.3) is 0 Å². The minimum absolute atomic E-state index is 0.0444. The Bertz CT molecular complexity index is 687. The molecular formula is C24H34BrNO4. The van der Waals surface area contributed by atoms with E-state index in [-0.39, 0.29) is 30.6 Å². The lowest BCUT2D eigenvalue weighted by atomic mass is 9.92. The number of nitrogens with zero attached hydrogens (tertiary/aromatic N) is 1. The number of halogens is 1. The van der Waals surface area contributed by atoms with Crippen molar-refractivity contribution in [2.45, 2.75) is 76.2 Å². The molecule has 0 radical (unpaired) electrons. The number of allylic oxidation sites excluding steroid dienone is 2. The molecular weight excluding hydrogens is 446 g/mol. The minimum atomic E-state index is -0.759. The van der Waals surface area contributed by atoms with Gasteiger partial charge in [0, 0.05) is 29.3 Å². The Balaban J connectivity index is 1.61. The van der Waals surface area contributed by atoms with E-state index < -0.39 is 5.97 Å². The van der Waals surface area contributed by atoms with Gasteiger partial charge in [-0.25, -0.2) is 0 Å². The van der Waals surface area contributed by atoms with Gasteiger partial charge in [0.2, 0.25) is 0 Å². The number of carbonyl (C=O) groups is 1. The summed E-state index contributed by atoms with van der Waals surface area (Å²) in [7, 11) is 0. The van der Waals surface area contributed by atoms with E-state index in [2.05, 4.69) is 39.0 Å². The molecule has 30 heavy (non-hydrogen) atoms. The molecule has 166 valence electrons. The number of hydrogen-bond acceptors (Lipinski definition) is 4. The third kappa shape index (κ3) is 6.91. The van der Waals surface area contributed by atoms with Crippen LogP contribution in [-0.2, 0) is 16.1 Å². The standard InChI is InChI=1S/C24H34BrNO4/c25-19-12-10-18(11-13-19)17-30-22-16-21(27)24(26-14-6-3-7-15-26)20(22)8-4-1-2-5-9-23(28)29/h1-2,10-13,20-22,24,27H,3-9,14-17H2,(H,28,29)/b2-1+. The number of ether oxygens (including phenoxy) is 1. The number of likely N-dealkylation sites (tertiary alicyclic amines) is 1. The summed E-state index contributed by atoms with van der Waals surface area (Å²) >= 11 is 3.47. The lowest BCUT2D eigenvalue weighted by molar-refractivity contribution is -0.136. The van der Waals surface area contributed by atoms with Gasteiger partial charge in [0.1, 0.15) is 0 Å². The van der Waals surface area contributed by atoms with Gasteiger partial charge in [-0.05, 0) is 62.9 Å². The van der Waals surface area contributed by atoms with Crippen LogP contribution < -0.4 is 0 Å². The van der Waals surface area contributed by atoms with Gasteiger partial charge in [-0.2, -0.15) is 0 Å². The molecule has 1 aromatic rings. The van der Waals surface area contributed by atoms with Crippen LogP contribution in [0.4, 0.5) is 0 Å². The van der Waals surface area contributed by atoms with Crippen molar-refractivity contribution >= 4 is 21.9 Å². The van der Waals surface area contributed by atoms with Crippen LogP contribution in [0, 0.1) is 5.92 Å². The summed E-state index contributed by atoms with van der Waals surface area (Å²) in [4.78, 5) is 13.1. The number of carboxylic acid groups (broad SMARTS) is 1. The van der Waals surface area contributed by atoms with Crippen LogP contribution >= 0.6 is 15.9 Å².